The summed E-state index contributed by atoms with van der Waals surface area (Å²) in [5.74, 6) is -0.545. The van der Waals surface area contributed by atoms with E-state index in [2.05, 4.69) is 4.98 Å². The number of rotatable bonds is 2. The number of carbonyl (C=O) groups is 1. The van der Waals surface area contributed by atoms with Crippen LogP contribution >= 0.6 is 23.2 Å². The molecule has 0 radical (unpaired) electrons. The monoisotopic (exact) mass is 307 g/mol. The quantitative estimate of drug-likeness (QED) is 0.865. The van der Waals surface area contributed by atoms with Crippen molar-refractivity contribution in [3.63, 3.8) is 0 Å². The summed E-state index contributed by atoms with van der Waals surface area (Å²) >= 11 is 12.5. The normalized spacial score (nSPS) is 13.3. The molecule has 1 amide bonds. The zero-order chi connectivity index (χ0) is 14.3. The van der Waals surface area contributed by atoms with Crippen LogP contribution in [0.5, 0.6) is 0 Å². The highest BCUT2D eigenvalue weighted by Crippen LogP contribution is 2.39. The molecule has 6 heteroatoms. The van der Waals surface area contributed by atoms with Gasteiger partial charge in [-0.05, 0) is 24.6 Å². The fourth-order valence-corrected chi connectivity index (χ4v) is 3.07. The molecule has 0 spiro atoms. The van der Waals surface area contributed by atoms with Crippen molar-refractivity contribution in [1.82, 2.24) is 9.55 Å². The molecule has 1 aliphatic heterocycles. The van der Waals surface area contributed by atoms with E-state index in [0.717, 1.165) is 18.7 Å². The number of hydrogen-bond donors (Lipinski definition) is 1. The summed E-state index contributed by atoms with van der Waals surface area (Å²) in [6, 6.07) is 3.60. The first-order chi connectivity index (χ1) is 9.61. The Balaban J connectivity index is 2.35. The Morgan fingerprint density at radius 3 is 2.90 bits per heavy atom. The summed E-state index contributed by atoms with van der Waals surface area (Å²) in [4.78, 5) is 15.7. The van der Waals surface area contributed by atoms with Gasteiger partial charge in [-0.25, -0.2) is 4.98 Å². The zero-order valence-electron chi connectivity index (χ0n) is 10.4. The predicted molar refractivity (Wildman–Crippen MR) is 79.9 cm³/mol. The largest absolute Gasteiger partial charge is 0.365 e. The molecular formula is C14H11Cl2N3O. The maximum atomic E-state index is 11.7. The summed E-state index contributed by atoms with van der Waals surface area (Å²) < 4.78 is 1.96. The van der Waals surface area contributed by atoms with Crippen LogP contribution in [0.2, 0.25) is 10.2 Å². The Morgan fingerprint density at radius 1 is 1.40 bits per heavy atom. The van der Waals surface area contributed by atoms with Gasteiger partial charge in [0.1, 0.15) is 5.15 Å². The molecule has 0 fully saturated rings. The number of amides is 1. The minimum atomic E-state index is -0.545. The predicted octanol–water partition coefficient (Wildman–Crippen LogP) is 3.37. The summed E-state index contributed by atoms with van der Waals surface area (Å²) in [7, 11) is 0. The van der Waals surface area contributed by atoms with Gasteiger partial charge in [-0.3, -0.25) is 4.79 Å². The molecule has 0 aliphatic carbocycles. The fraction of sp³-hybridized carbons (Fsp3) is 0.143. The first-order valence-electron chi connectivity index (χ1n) is 6.10. The van der Waals surface area contributed by atoms with Crippen LogP contribution in [0.1, 0.15) is 22.5 Å². The highest BCUT2D eigenvalue weighted by molar-refractivity contribution is 6.38. The van der Waals surface area contributed by atoms with Gasteiger partial charge in [0.15, 0.2) is 0 Å². The molecule has 0 saturated heterocycles. The molecule has 2 aromatic heterocycles. The van der Waals surface area contributed by atoms with Gasteiger partial charge in [0.25, 0.3) is 5.91 Å². The van der Waals surface area contributed by atoms with Crippen LogP contribution in [0.3, 0.4) is 0 Å². The molecule has 0 unspecified atom stereocenters. The van der Waals surface area contributed by atoms with E-state index in [4.69, 9.17) is 28.9 Å². The van der Waals surface area contributed by atoms with E-state index < -0.39 is 5.91 Å². The molecule has 4 nitrogen and oxygen atoms in total. The molecule has 0 aromatic carbocycles. The van der Waals surface area contributed by atoms with Crippen molar-refractivity contribution in [2.45, 2.75) is 13.0 Å². The second-order valence-corrected chi connectivity index (χ2v) is 5.21. The maximum absolute atomic E-state index is 11.7. The molecule has 0 atom stereocenters. The van der Waals surface area contributed by atoms with Crippen LogP contribution in [-0.4, -0.2) is 15.5 Å². The second kappa shape index (κ2) is 4.96. The van der Waals surface area contributed by atoms with E-state index in [1.165, 1.54) is 0 Å². The third kappa shape index (κ3) is 1.92. The van der Waals surface area contributed by atoms with Crippen LogP contribution in [0.15, 0.2) is 24.4 Å². The Morgan fingerprint density at radius 2 is 2.20 bits per heavy atom. The van der Waals surface area contributed by atoms with Crippen molar-refractivity contribution in [3.05, 3.63) is 45.8 Å². The zero-order valence-corrected chi connectivity index (χ0v) is 11.9. The van der Waals surface area contributed by atoms with Crippen LogP contribution in [0.25, 0.3) is 17.3 Å². The van der Waals surface area contributed by atoms with Gasteiger partial charge < -0.3 is 10.3 Å². The number of pyridine rings is 1. The van der Waals surface area contributed by atoms with E-state index in [9.17, 15) is 4.79 Å². The number of carbonyl (C=O) groups excluding carboxylic acids is 1. The van der Waals surface area contributed by atoms with Crippen LogP contribution in [-0.2, 0) is 6.54 Å². The number of allylic oxidation sites excluding steroid dienone is 1. The van der Waals surface area contributed by atoms with Gasteiger partial charge in [-0.15, -0.1) is 0 Å². The molecule has 20 heavy (non-hydrogen) atoms. The number of hydrogen-bond acceptors (Lipinski definition) is 2. The molecule has 3 heterocycles. The average Bonchev–Trinajstić information content (AvgIpc) is 2.71. The van der Waals surface area contributed by atoms with Crippen molar-refractivity contribution in [3.8, 4) is 11.3 Å². The Labute approximate surface area is 125 Å². The smallest absolute Gasteiger partial charge is 0.252 e. The summed E-state index contributed by atoms with van der Waals surface area (Å²) in [6.07, 6.45) is 6.33. The molecule has 102 valence electrons. The first kappa shape index (κ1) is 13.2. The fourth-order valence-electron chi connectivity index (χ4n) is 2.47. The van der Waals surface area contributed by atoms with E-state index in [0.29, 0.717) is 27.0 Å². The SMILES string of the molecule is NC(=O)c1c(Cl)c(-c2cccnc2Cl)n2c1C=CCC2. The molecule has 0 bridgehead atoms. The van der Waals surface area contributed by atoms with Gasteiger partial charge in [0.2, 0.25) is 0 Å². The highest BCUT2D eigenvalue weighted by Gasteiger charge is 2.26. The Hall–Kier alpha value is -1.78. The van der Waals surface area contributed by atoms with Crippen molar-refractivity contribution < 1.29 is 4.79 Å². The first-order valence-corrected chi connectivity index (χ1v) is 6.86. The maximum Gasteiger partial charge on any atom is 0.252 e. The molecular weight excluding hydrogens is 297 g/mol. The molecule has 2 N–H and O–H groups in total. The van der Waals surface area contributed by atoms with Crippen molar-refractivity contribution in [2.24, 2.45) is 5.73 Å². The number of fused-ring (bicyclic) bond motifs is 1. The minimum absolute atomic E-state index is 0.328. The van der Waals surface area contributed by atoms with Gasteiger partial charge >= 0.3 is 0 Å². The average molecular weight is 308 g/mol. The third-order valence-corrected chi connectivity index (χ3v) is 3.97. The standard InChI is InChI=1S/C14H11Cl2N3O/c15-11-10(14(17)20)9-5-1-2-7-19(9)12(11)8-4-3-6-18-13(8)16/h1,3-6H,2,7H2,(H2,17,20). The van der Waals surface area contributed by atoms with Gasteiger partial charge in [-0.2, -0.15) is 0 Å². The number of primary amides is 1. The highest BCUT2D eigenvalue weighted by atomic mass is 35.5. The molecule has 1 aliphatic rings. The molecule has 2 aromatic rings. The Kier molecular flexibility index (Phi) is 3.28. The lowest BCUT2D eigenvalue weighted by atomic mass is 10.1. The van der Waals surface area contributed by atoms with Gasteiger partial charge in [0, 0.05) is 18.3 Å². The lowest BCUT2D eigenvalue weighted by Gasteiger charge is -2.14. The molecule has 0 saturated carbocycles. The number of aromatic nitrogens is 2. The topological polar surface area (TPSA) is 60.9 Å². The number of nitrogens with two attached hydrogens (primary N) is 1. The van der Waals surface area contributed by atoms with Crippen LogP contribution in [0.4, 0.5) is 0 Å². The summed E-state index contributed by atoms with van der Waals surface area (Å²) in [6.45, 7) is 0.722. The number of halogens is 2. The van der Waals surface area contributed by atoms with Crippen LogP contribution in [0, 0.1) is 0 Å². The van der Waals surface area contributed by atoms with Crippen molar-refractivity contribution >= 4 is 35.2 Å². The third-order valence-electron chi connectivity index (χ3n) is 3.30. The van der Waals surface area contributed by atoms with Gasteiger partial charge in [-0.1, -0.05) is 29.3 Å². The van der Waals surface area contributed by atoms with Crippen molar-refractivity contribution in [1.29, 1.82) is 0 Å². The van der Waals surface area contributed by atoms with Crippen LogP contribution < -0.4 is 5.73 Å². The summed E-state index contributed by atoms with van der Waals surface area (Å²) in [5.41, 5.74) is 7.90. The van der Waals surface area contributed by atoms with Gasteiger partial charge in [0.05, 0.1) is 22.0 Å². The minimum Gasteiger partial charge on any atom is -0.365 e. The second-order valence-electron chi connectivity index (χ2n) is 4.47. The lowest BCUT2D eigenvalue weighted by molar-refractivity contribution is 0.1000. The van der Waals surface area contributed by atoms with E-state index in [1.807, 2.05) is 22.8 Å². The lowest BCUT2D eigenvalue weighted by Crippen LogP contribution is -2.14. The van der Waals surface area contributed by atoms with E-state index in [-0.39, 0.29) is 0 Å². The molecule has 3 rings (SSSR count). The van der Waals surface area contributed by atoms with E-state index in [1.54, 1.807) is 12.3 Å². The summed E-state index contributed by atoms with van der Waals surface area (Å²) in [5, 5.41) is 0.675. The van der Waals surface area contributed by atoms with E-state index >= 15 is 0 Å². The Bertz CT molecular complexity index is 734. The number of nitrogens with zero attached hydrogens (tertiary/aromatic N) is 2. The van der Waals surface area contributed by atoms with Crippen molar-refractivity contribution in [2.75, 3.05) is 0 Å².